The largest absolute Gasteiger partial charge is 0.316 e. The summed E-state index contributed by atoms with van der Waals surface area (Å²) >= 11 is 0. The maximum absolute atomic E-state index is 11.7. The van der Waals surface area contributed by atoms with E-state index in [1.54, 1.807) is 0 Å². The quantitative estimate of drug-likeness (QED) is 0.742. The van der Waals surface area contributed by atoms with Gasteiger partial charge in [-0.3, -0.25) is 4.79 Å². The number of piperidine rings is 1. The van der Waals surface area contributed by atoms with Crippen molar-refractivity contribution in [1.82, 2.24) is 5.32 Å². The zero-order valence-electron chi connectivity index (χ0n) is 10.6. The van der Waals surface area contributed by atoms with Gasteiger partial charge in [-0.1, -0.05) is 26.2 Å². The number of hydrogen-bond donors (Lipinski definition) is 1. The minimum atomic E-state index is 0.385. The molecule has 2 nitrogen and oxygen atoms in total. The van der Waals surface area contributed by atoms with E-state index in [1.165, 1.54) is 32.1 Å². The average Bonchev–Trinajstić information content (AvgIpc) is 2.29. The lowest BCUT2D eigenvalue weighted by molar-refractivity contribution is -0.127. The molecule has 1 aliphatic heterocycles. The molecule has 0 amide bonds. The van der Waals surface area contributed by atoms with Crippen LogP contribution in [0.1, 0.15) is 58.3 Å². The summed E-state index contributed by atoms with van der Waals surface area (Å²) in [5, 5.41) is 3.50. The molecule has 0 aromatic carbocycles. The molecule has 1 saturated heterocycles. The first-order chi connectivity index (χ1) is 7.77. The predicted molar refractivity (Wildman–Crippen MR) is 66.4 cm³/mol. The molecule has 2 rings (SSSR count). The third-order valence-electron chi connectivity index (χ3n) is 4.66. The molecule has 16 heavy (non-hydrogen) atoms. The standard InChI is InChI=1S/C14H25NO/c1-2-3-4-7-14-8-9-15-11-12(14)5-6-13(16)10-14/h12,15H,2-11H2,1H3/t12-,14+/m1/s1. The number of hydrogen-bond acceptors (Lipinski definition) is 2. The Hall–Kier alpha value is -0.370. The molecule has 1 saturated carbocycles. The number of fused-ring (bicyclic) bond motifs is 1. The highest BCUT2D eigenvalue weighted by atomic mass is 16.1. The van der Waals surface area contributed by atoms with Gasteiger partial charge in [-0.2, -0.15) is 0 Å². The van der Waals surface area contributed by atoms with Gasteiger partial charge in [0.2, 0.25) is 0 Å². The van der Waals surface area contributed by atoms with Crippen molar-refractivity contribution in [3.8, 4) is 0 Å². The first-order valence-electron chi connectivity index (χ1n) is 6.99. The van der Waals surface area contributed by atoms with Crippen LogP contribution in [0.4, 0.5) is 0 Å². The molecule has 2 heteroatoms. The molecule has 0 spiro atoms. The van der Waals surface area contributed by atoms with Crippen LogP contribution >= 0.6 is 0 Å². The van der Waals surface area contributed by atoms with Gasteiger partial charge in [0, 0.05) is 12.8 Å². The lowest BCUT2D eigenvalue weighted by Gasteiger charge is -2.47. The van der Waals surface area contributed by atoms with Crippen molar-refractivity contribution in [1.29, 1.82) is 0 Å². The molecule has 2 fully saturated rings. The van der Waals surface area contributed by atoms with Gasteiger partial charge < -0.3 is 5.32 Å². The molecule has 1 heterocycles. The first kappa shape index (κ1) is 12.1. The molecule has 0 unspecified atom stereocenters. The van der Waals surface area contributed by atoms with Gasteiger partial charge in [-0.05, 0) is 43.7 Å². The third-order valence-corrected chi connectivity index (χ3v) is 4.66. The second kappa shape index (κ2) is 5.31. The summed E-state index contributed by atoms with van der Waals surface area (Å²) in [6, 6.07) is 0. The molecule has 2 atom stereocenters. The van der Waals surface area contributed by atoms with Crippen molar-refractivity contribution < 1.29 is 4.79 Å². The van der Waals surface area contributed by atoms with E-state index in [-0.39, 0.29) is 0 Å². The Labute approximate surface area is 99.2 Å². The fourth-order valence-electron chi connectivity index (χ4n) is 3.64. The average molecular weight is 223 g/mol. The van der Waals surface area contributed by atoms with Gasteiger partial charge in [0.25, 0.3) is 0 Å². The lowest BCUT2D eigenvalue weighted by Crippen LogP contribution is -2.48. The summed E-state index contributed by atoms with van der Waals surface area (Å²) in [4.78, 5) is 11.7. The molecule has 0 radical (unpaired) electrons. The van der Waals surface area contributed by atoms with Crippen LogP contribution in [0.5, 0.6) is 0 Å². The highest BCUT2D eigenvalue weighted by Crippen LogP contribution is 2.47. The van der Waals surface area contributed by atoms with Gasteiger partial charge in [0.15, 0.2) is 0 Å². The van der Waals surface area contributed by atoms with Crippen molar-refractivity contribution >= 4 is 5.78 Å². The normalized spacial score (nSPS) is 34.8. The highest BCUT2D eigenvalue weighted by Gasteiger charge is 2.44. The molecule has 1 aliphatic carbocycles. The number of Topliss-reactive ketones (excluding diaryl/α,β-unsaturated/α-hetero) is 1. The van der Waals surface area contributed by atoms with Crippen LogP contribution < -0.4 is 5.32 Å². The van der Waals surface area contributed by atoms with Gasteiger partial charge in [-0.15, -0.1) is 0 Å². The topological polar surface area (TPSA) is 29.1 Å². The van der Waals surface area contributed by atoms with Crippen molar-refractivity contribution in [2.45, 2.75) is 58.3 Å². The lowest BCUT2D eigenvalue weighted by atomic mass is 9.60. The van der Waals surface area contributed by atoms with E-state index in [9.17, 15) is 4.79 Å². The van der Waals surface area contributed by atoms with Gasteiger partial charge in [0.1, 0.15) is 5.78 Å². The molecule has 0 aromatic rings. The van der Waals surface area contributed by atoms with Crippen LogP contribution in [-0.4, -0.2) is 18.9 Å². The van der Waals surface area contributed by atoms with Crippen molar-refractivity contribution in [2.75, 3.05) is 13.1 Å². The SMILES string of the molecule is CCCCC[C@@]12CCNC[C@H]1CCC(=O)C2. The van der Waals surface area contributed by atoms with Crippen LogP contribution in [0.25, 0.3) is 0 Å². The molecule has 0 aromatic heterocycles. The summed E-state index contributed by atoms with van der Waals surface area (Å²) in [6.45, 7) is 4.53. The highest BCUT2D eigenvalue weighted by molar-refractivity contribution is 5.80. The fourth-order valence-corrected chi connectivity index (χ4v) is 3.64. The summed E-state index contributed by atoms with van der Waals surface area (Å²) in [7, 11) is 0. The Kier molecular flexibility index (Phi) is 4.01. The Morgan fingerprint density at radius 1 is 1.44 bits per heavy atom. The second-order valence-electron chi connectivity index (χ2n) is 5.72. The Morgan fingerprint density at radius 2 is 2.31 bits per heavy atom. The number of rotatable bonds is 4. The fraction of sp³-hybridized carbons (Fsp3) is 0.929. The van der Waals surface area contributed by atoms with E-state index in [1.807, 2.05) is 0 Å². The minimum Gasteiger partial charge on any atom is -0.316 e. The van der Waals surface area contributed by atoms with Gasteiger partial charge in [0.05, 0.1) is 0 Å². The zero-order chi connectivity index (χ0) is 11.4. The zero-order valence-corrected chi connectivity index (χ0v) is 10.6. The minimum absolute atomic E-state index is 0.385. The molecule has 2 aliphatic rings. The first-order valence-corrected chi connectivity index (χ1v) is 6.99. The Balaban J connectivity index is 2.00. The summed E-state index contributed by atoms with van der Waals surface area (Å²) in [5.41, 5.74) is 0.385. The number of ketones is 1. The van der Waals surface area contributed by atoms with Gasteiger partial charge in [-0.25, -0.2) is 0 Å². The van der Waals surface area contributed by atoms with Gasteiger partial charge >= 0.3 is 0 Å². The third kappa shape index (κ3) is 2.48. The van der Waals surface area contributed by atoms with Crippen LogP contribution in [0.2, 0.25) is 0 Å². The maximum atomic E-state index is 11.7. The summed E-state index contributed by atoms with van der Waals surface area (Å²) in [5.74, 6) is 1.30. The smallest absolute Gasteiger partial charge is 0.133 e. The van der Waals surface area contributed by atoms with Crippen LogP contribution in [0, 0.1) is 11.3 Å². The van der Waals surface area contributed by atoms with Crippen LogP contribution in [0.3, 0.4) is 0 Å². The van der Waals surface area contributed by atoms with E-state index < -0.39 is 0 Å². The van der Waals surface area contributed by atoms with E-state index in [0.717, 1.165) is 38.3 Å². The second-order valence-corrected chi connectivity index (χ2v) is 5.72. The van der Waals surface area contributed by atoms with Crippen molar-refractivity contribution in [3.05, 3.63) is 0 Å². The van der Waals surface area contributed by atoms with E-state index in [0.29, 0.717) is 11.2 Å². The van der Waals surface area contributed by atoms with Crippen molar-refractivity contribution in [2.24, 2.45) is 11.3 Å². The number of nitrogens with one attached hydrogen (secondary N) is 1. The van der Waals surface area contributed by atoms with Crippen LogP contribution in [-0.2, 0) is 4.79 Å². The number of unbranched alkanes of at least 4 members (excludes halogenated alkanes) is 2. The summed E-state index contributed by atoms with van der Waals surface area (Å²) in [6.07, 6.45) is 9.30. The van der Waals surface area contributed by atoms with E-state index in [2.05, 4.69) is 12.2 Å². The van der Waals surface area contributed by atoms with Crippen molar-refractivity contribution in [3.63, 3.8) is 0 Å². The van der Waals surface area contributed by atoms with E-state index in [4.69, 9.17) is 0 Å². The number of carbonyl (C=O) groups is 1. The Morgan fingerprint density at radius 3 is 3.12 bits per heavy atom. The Bertz CT molecular complexity index is 251. The molecular formula is C14H25NO. The monoisotopic (exact) mass is 223 g/mol. The molecular weight excluding hydrogens is 198 g/mol. The number of carbonyl (C=O) groups excluding carboxylic acids is 1. The summed E-state index contributed by atoms with van der Waals surface area (Å²) < 4.78 is 0. The predicted octanol–water partition coefficient (Wildman–Crippen LogP) is 2.92. The van der Waals surface area contributed by atoms with Crippen LogP contribution in [0.15, 0.2) is 0 Å². The molecule has 1 N–H and O–H groups in total. The van der Waals surface area contributed by atoms with E-state index >= 15 is 0 Å². The molecule has 0 bridgehead atoms. The molecule has 92 valence electrons. The maximum Gasteiger partial charge on any atom is 0.133 e.